The molecule has 1 heterocycles. The fourth-order valence-corrected chi connectivity index (χ4v) is 5.18. The molecule has 0 aliphatic carbocycles. The number of rotatable bonds is 7. The molecule has 1 unspecified atom stereocenters. The van der Waals surface area contributed by atoms with E-state index in [1.165, 1.54) is 36.7 Å². The van der Waals surface area contributed by atoms with Crippen molar-refractivity contribution in [3.05, 3.63) is 58.1 Å². The van der Waals surface area contributed by atoms with Crippen LogP contribution in [0.4, 0.5) is 11.4 Å². The van der Waals surface area contributed by atoms with Gasteiger partial charge in [0.25, 0.3) is 0 Å². The number of carbonyl (C=O) groups is 1. The van der Waals surface area contributed by atoms with Crippen molar-refractivity contribution in [2.45, 2.75) is 32.7 Å². The quantitative estimate of drug-likeness (QED) is 0.591. The minimum absolute atomic E-state index is 0.244. The first-order valence-electron chi connectivity index (χ1n) is 10.6. The highest BCUT2D eigenvalue weighted by molar-refractivity contribution is 7.92. The summed E-state index contributed by atoms with van der Waals surface area (Å²) in [6.07, 6.45) is 3.43. The third-order valence-electron chi connectivity index (χ3n) is 5.74. The lowest BCUT2D eigenvalue weighted by atomic mass is 9.98. The number of benzene rings is 2. The second kappa shape index (κ2) is 10.3. The van der Waals surface area contributed by atoms with Crippen LogP contribution in [0.15, 0.2) is 42.5 Å². The van der Waals surface area contributed by atoms with Crippen LogP contribution in [0.2, 0.25) is 10.0 Å². The largest absolute Gasteiger partial charge is 0.372 e. The number of piperidine rings is 1. The van der Waals surface area contributed by atoms with Crippen LogP contribution in [0.5, 0.6) is 0 Å². The Morgan fingerprint density at radius 2 is 1.69 bits per heavy atom. The summed E-state index contributed by atoms with van der Waals surface area (Å²) in [5.74, 6) is 0.350. The molecule has 0 radical (unpaired) electrons. The van der Waals surface area contributed by atoms with E-state index in [0.717, 1.165) is 35.1 Å². The maximum atomic E-state index is 12.7. The van der Waals surface area contributed by atoms with E-state index in [0.29, 0.717) is 0 Å². The number of nitrogens with one attached hydrogen (secondary N) is 1. The molecule has 0 saturated carbocycles. The summed E-state index contributed by atoms with van der Waals surface area (Å²) in [5.41, 5.74) is 2.37. The van der Waals surface area contributed by atoms with Crippen molar-refractivity contribution < 1.29 is 13.2 Å². The van der Waals surface area contributed by atoms with Gasteiger partial charge in [-0.3, -0.25) is 9.10 Å². The van der Waals surface area contributed by atoms with E-state index in [1.54, 1.807) is 0 Å². The lowest BCUT2D eigenvalue weighted by Gasteiger charge is -2.32. The number of anilines is 2. The Balaban J connectivity index is 1.66. The fraction of sp³-hybridized carbons (Fsp3) is 0.435. The highest BCUT2D eigenvalue weighted by atomic mass is 35.5. The minimum Gasteiger partial charge on any atom is -0.372 e. The van der Waals surface area contributed by atoms with Gasteiger partial charge in [0.15, 0.2) is 0 Å². The van der Waals surface area contributed by atoms with Crippen LogP contribution in [0, 0.1) is 5.92 Å². The van der Waals surface area contributed by atoms with Crippen molar-refractivity contribution in [2.75, 3.05) is 35.1 Å². The Morgan fingerprint density at radius 1 is 1.12 bits per heavy atom. The van der Waals surface area contributed by atoms with E-state index in [9.17, 15) is 13.2 Å². The van der Waals surface area contributed by atoms with E-state index in [2.05, 4.69) is 29.3 Å². The summed E-state index contributed by atoms with van der Waals surface area (Å²) >= 11 is 12.0. The number of halogens is 2. The molecule has 174 valence electrons. The van der Waals surface area contributed by atoms with Crippen LogP contribution in [-0.2, 0) is 14.8 Å². The van der Waals surface area contributed by atoms with E-state index >= 15 is 0 Å². The standard InChI is InChI=1S/C23H29Cl2N3O3S/c1-16-8-10-27(11-9-16)21-6-4-18(5-7-21)17(2)26-23(29)15-28(32(3,30)31)22-13-19(24)12-20(25)14-22/h4-7,12-14,16-17H,8-11,15H2,1-3H3,(H,26,29). The van der Waals surface area contributed by atoms with Gasteiger partial charge in [0.2, 0.25) is 15.9 Å². The van der Waals surface area contributed by atoms with Gasteiger partial charge in [-0.05, 0) is 61.6 Å². The number of hydrogen-bond donors (Lipinski definition) is 1. The van der Waals surface area contributed by atoms with Crippen molar-refractivity contribution in [1.29, 1.82) is 0 Å². The topological polar surface area (TPSA) is 69.7 Å². The smallest absolute Gasteiger partial charge is 0.241 e. The van der Waals surface area contributed by atoms with Gasteiger partial charge < -0.3 is 10.2 Å². The Hall–Kier alpha value is -1.96. The maximum absolute atomic E-state index is 12.7. The van der Waals surface area contributed by atoms with E-state index < -0.39 is 15.9 Å². The van der Waals surface area contributed by atoms with Gasteiger partial charge in [-0.15, -0.1) is 0 Å². The van der Waals surface area contributed by atoms with Crippen LogP contribution in [-0.4, -0.2) is 40.2 Å². The Kier molecular flexibility index (Phi) is 7.96. The zero-order valence-electron chi connectivity index (χ0n) is 18.5. The monoisotopic (exact) mass is 497 g/mol. The number of sulfonamides is 1. The SMILES string of the molecule is CC1CCN(c2ccc(C(C)NC(=O)CN(c3cc(Cl)cc(Cl)c3)S(C)(=O)=O)cc2)CC1. The van der Waals surface area contributed by atoms with Crippen LogP contribution in [0.1, 0.15) is 38.3 Å². The molecule has 1 N–H and O–H groups in total. The van der Waals surface area contributed by atoms with E-state index in [4.69, 9.17) is 23.2 Å². The molecule has 0 bridgehead atoms. The first-order chi connectivity index (χ1) is 15.0. The molecule has 32 heavy (non-hydrogen) atoms. The minimum atomic E-state index is -3.72. The van der Waals surface area contributed by atoms with Gasteiger partial charge >= 0.3 is 0 Å². The van der Waals surface area contributed by atoms with Crippen LogP contribution < -0.4 is 14.5 Å². The zero-order valence-corrected chi connectivity index (χ0v) is 20.8. The van der Waals surface area contributed by atoms with Crippen molar-refractivity contribution in [3.63, 3.8) is 0 Å². The Bertz CT molecular complexity index is 1030. The average molecular weight is 498 g/mol. The molecule has 1 fully saturated rings. The lowest BCUT2D eigenvalue weighted by Crippen LogP contribution is -2.41. The number of amides is 1. The predicted molar refractivity (Wildman–Crippen MR) is 132 cm³/mol. The normalized spacial score (nSPS) is 16.0. The highest BCUT2D eigenvalue weighted by Crippen LogP contribution is 2.27. The molecule has 2 aromatic carbocycles. The molecule has 1 atom stereocenters. The third kappa shape index (κ3) is 6.53. The molecular weight excluding hydrogens is 469 g/mol. The summed E-state index contributed by atoms with van der Waals surface area (Å²) in [6.45, 7) is 5.90. The molecule has 1 aliphatic rings. The molecule has 9 heteroatoms. The van der Waals surface area contributed by atoms with Gasteiger partial charge in [-0.2, -0.15) is 0 Å². The van der Waals surface area contributed by atoms with E-state index in [1.807, 2.05) is 19.1 Å². The molecule has 1 saturated heterocycles. The number of nitrogens with zero attached hydrogens (tertiary/aromatic N) is 2. The van der Waals surface area contributed by atoms with Gasteiger partial charge in [-0.1, -0.05) is 42.3 Å². The Labute approximate surface area is 200 Å². The van der Waals surface area contributed by atoms with Crippen LogP contribution in [0.3, 0.4) is 0 Å². The van der Waals surface area contributed by atoms with Gasteiger partial charge in [0, 0.05) is 28.8 Å². The Morgan fingerprint density at radius 3 is 2.22 bits per heavy atom. The number of carbonyl (C=O) groups excluding carboxylic acids is 1. The van der Waals surface area contributed by atoms with E-state index in [-0.39, 0.29) is 28.3 Å². The average Bonchev–Trinajstić information content (AvgIpc) is 2.71. The van der Waals surface area contributed by atoms with Gasteiger partial charge in [0.1, 0.15) is 6.54 Å². The van der Waals surface area contributed by atoms with Crippen molar-refractivity contribution in [2.24, 2.45) is 5.92 Å². The fourth-order valence-electron chi connectivity index (χ4n) is 3.82. The van der Waals surface area contributed by atoms with Gasteiger partial charge in [0.05, 0.1) is 18.0 Å². The first kappa shape index (κ1) is 24.7. The summed E-state index contributed by atoms with van der Waals surface area (Å²) in [7, 11) is -3.72. The summed E-state index contributed by atoms with van der Waals surface area (Å²) < 4.78 is 25.6. The van der Waals surface area contributed by atoms with Crippen LogP contribution in [0.25, 0.3) is 0 Å². The highest BCUT2D eigenvalue weighted by Gasteiger charge is 2.23. The second-order valence-electron chi connectivity index (χ2n) is 8.45. The van der Waals surface area contributed by atoms with Crippen molar-refractivity contribution in [1.82, 2.24) is 5.32 Å². The van der Waals surface area contributed by atoms with Crippen molar-refractivity contribution >= 4 is 50.5 Å². The molecule has 1 aliphatic heterocycles. The molecule has 2 aromatic rings. The van der Waals surface area contributed by atoms with Crippen molar-refractivity contribution in [3.8, 4) is 0 Å². The van der Waals surface area contributed by atoms with Gasteiger partial charge in [-0.25, -0.2) is 8.42 Å². The second-order valence-corrected chi connectivity index (χ2v) is 11.2. The summed E-state index contributed by atoms with van der Waals surface area (Å²) in [5, 5.41) is 3.46. The molecule has 0 spiro atoms. The molecule has 0 aromatic heterocycles. The lowest BCUT2D eigenvalue weighted by molar-refractivity contribution is -0.120. The third-order valence-corrected chi connectivity index (χ3v) is 7.32. The zero-order chi connectivity index (χ0) is 23.5. The summed E-state index contributed by atoms with van der Waals surface area (Å²) in [4.78, 5) is 15.1. The number of hydrogen-bond acceptors (Lipinski definition) is 4. The molecule has 6 nitrogen and oxygen atoms in total. The molecule has 1 amide bonds. The molecular formula is C23H29Cl2N3O3S. The first-order valence-corrected chi connectivity index (χ1v) is 13.2. The maximum Gasteiger partial charge on any atom is 0.241 e. The predicted octanol–water partition coefficient (Wildman–Crippen LogP) is 4.87. The molecule has 3 rings (SSSR count). The van der Waals surface area contributed by atoms with Crippen LogP contribution >= 0.6 is 23.2 Å². The summed E-state index contributed by atoms with van der Waals surface area (Å²) in [6, 6.07) is 12.3.